The van der Waals surface area contributed by atoms with Gasteiger partial charge in [-0.1, -0.05) is 0 Å². The van der Waals surface area contributed by atoms with Crippen molar-refractivity contribution in [3.8, 4) is 0 Å². The van der Waals surface area contributed by atoms with Crippen LogP contribution in [0.25, 0.3) is 0 Å². The summed E-state index contributed by atoms with van der Waals surface area (Å²) in [6, 6.07) is 0. The average molecular weight is 130 g/mol. The van der Waals surface area contributed by atoms with E-state index in [-0.39, 0.29) is 0 Å². The molecule has 0 radical (unpaired) electrons. The molecule has 0 bridgehead atoms. The minimum absolute atomic E-state index is 1.90. The largest absolute Gasteiger partial charge is 0.231 e. The lowest BCUT2D eigenvalue weighted by Crippen LogP contribution is -1.61. The van der Waals surface area contributed by atoms with E-state index in [2.05, 4.69) is 27.7 Å². The molecule has 0 aromatic heterocycles. The summed E-state index contributed by atoms with van der Waals surface area (Å²) in [5.74, 6) is 0. The quantitative estimate of drug-likeness (QED) is 0.377. The van der Waals surface area contributed by atoms with E-state index in [0.717, 1.165) is 0 Å². The van der Waals surface area contributed by atoms with E-state index in [9.17, 15) is 4.21 Å². The van der Waals surface area contributed by atoms with Crippen molar-refractivity contribution >= 4 is 33.7 Å². The monoisotopic (exact) mass is 130 g/mol. The third-order valence-corrected chi connectivity index (χ3v) is 1.20. The van der Waals surface area contributed by atoms with Gasteiger partial charge in [0.15, 0.2) is 0 Å². The minimum atomic E-state index is -1.90. The summed E-state index contributed by atoms with van der Waals surface area (Å²) in [6.07, 6.45) is 0. The maximum absolute atomic E-state index is 9.48. The Morgan fingerprint density at radius 1 is 2.00 bits per heavy atom. The first-order chi connectivity index (χ1) is 2.27. The molecule has 5 heteroatoms. The van der Waals surface area contributed by atoms with Gasteiger partial charge >= 0.3 is 0 Å². The molecular formula is H2O2S3. The van der Waals surface area contributed by atoms with Gasteiger partial charge in [0.25, 0.3) is 0 Å². The van der Waals surface area contributed by atoms with Gasteiger partial charge in [0.05, 0.1) is 0 Å². The van der Waals surface area contributed by atoms with Crippen LogP contribution in [-0.2, 0) is 24.5 Å². The number of rotatable bonds is 1. The number of thiol groups is 2. The third kappa shape index (κ3) is 4.68. The van der Waals surface area contributed by atoms with Crippen LogP contribution in [0.4, 0.5) is 0 Å². The zero-order chi connectivity index (χ0) is 4.28. The fourth-order valence-electron chi connectivity index (χ4n) is 0. The Balaban J connectivity index is 3.23. The summed E-state index contributed by atoms with van der Waals surface area (Å²) in [4.78, 5) is 0. The lowest BCUT2D eigenvalue weighted by molar-refractivity contribution is 0.632. The van der Waals surface area contributed by atoms with Crippen LogP contribution in [0.1, 0.15) is 0 Å². The van der Waals surface area contributed by atoms with Gasteiger partial charge in [-0.2, -0.15) is 0 Å². The molecule has 0 saturated carbocycles. The van der Waals surface area contributed by atoms with Crippen molar-refractivity contribution in [1.29, 1.82) is 0 Å². The van der Waals surface area contributed by atoms with Crippen molar-refractivity contribution in [1.82, 2.24) is 0 Å². The van der Waals surface area contributed by atoms with Gasteiger partial charge in [-0.3, -0.25) is 0 Å². The predicted octanol–water partition coefficient (Wildman–Crippen LogP) is -0.294. The van der Waals surface area contributed by atoms with Gasteiger partial charge in [-0.25, -0.2) is 7.84 Å². The molecule has 0 rings (SSSR count). The second-order valence-electron chi connectivity index (χ2n) is 0.305. The van der Waals surface area contributed by atoms with E-state index < -0.39 is 9.64 Å². The Morgan fingerprint density at radius 2 is 2.20 bits per heavy atom. The van der Waals surface area contributed by atoms with E-state index in [1.807, 2.05) is 0 Å². The van der Waals surface area contributed by atoms with Crippen LogP contribution in [0.5, 0.6) is 0 Å². The van der Waals surface area contributed by atoms with Crippen LogP contribution < -0.4 is 0 Å². The lowest BCUT2D eigenvalue weighted by Gasteiger charge is -1.67. The Bertz CT molecular complexity index is 63.0. The molecule has 0 amide bonds. The van der Waals surface area contributed by atoms with E-state index in [0.29, 0.717) is 0 Å². The topological polar surface area (TPSA) is 26.3 Å². The number of hydrogen-bond acceptors (Lipinski definition) is 4. The first-order valence-corrected chi connectivity index (χ1v) is 3.29. The standard InChI is InChI=1S/H2O2S3/c1-5(4)2-3/h3,5H. The lowest BCUT2D eigenvalue weighted by atomic mass is 15.9. The SMILES string of the molecule is O=[SH](=S)OS. The maximum Gasteiger partial charge on any atom is 0.143 e. The van der Waals surface area contributed by atoms with Crippen molar-refractivity contribution in [3.63, 3.8) is 0 Å². The van der Waals surface area contributed by atoms with Crippen molar-refractivity contribution in [2.45, 2.75) is 0 Å². The molecule has 2 nitrogen and oxygen atoms in total. The third-order valence-electron chi connectivity index (χ3n) is 0.0667. The molecule has 0 aromatic rings. The van der Waals surface area contributed by atoms with Gasteiger partial charge < -0.3 is 0 Å². The summed E-state index contributed by atoms with van der Waals surface area (Å²) in [5, 5.41) is 0. The summed E-state index contributed by atoms with van der Waals surface area (Å²) in [6.45, 7) is 0. The number of hydrogen-bond donors (Lipinski definition) is 2. The molecule has 0 aromatic carbocycles. The van der Waals surface area contributed by atoms with Crippen molar-refractivity contribution in [2.24, 2.45) is 0 Å². The Hall–Kier alpha value is 0.680. The molecule has 32 valence electrons. The fourth-order valence-corrected chi connectivity index (χ4v) is 0. The second-order valence-corrected chi connectivity index (χ2v) is 2.30. The van der Waals surface area contributed by atoms with Crippen LogP contribution in [0.2, 0.25) is 0 Å². The summed E-state index contributed by atoms with van der Waals surface area (Å²) in [7, 11) is -1.90. The highest BCUT2D eigenvalue weighted by molar-refractivity contribution is 8.21. The minimum Gasteiger partial charge on any atom is -0.231 e. The fraction of sp³-hybridized carbons (Fsp3) is 0. The highest BCUT2D eigenvalue weighted by Gasteiger charge is 1.59. The zero-order valence-corrected chi connectivity index (χ0v) is 4.72. The van der Waals surface area contributed by atoms with Crippen LogP contribution in [0.15, 0.2) is 0 Å². The molecule has 0 aliphatic carbocycles. The summed E-state index contributed by atoms with van der Waals surface area (Å²) < 4.78 is 13.2. The average Bonchev–Trinajstić information content (AvgIpc) is 1.38. The van der Waals surface area contributed by atoms with Crippen LogP contribution in [0.3, 0.4) is 0 Å². The molecule has 0 saturated heterocycles. The summed E-state index contributed by atoms with van der Waals surface area (Å²) >= 11 is 7.12. The molecular weight excluding hydrogens is 128 g/mol. The molecule has 0 spiro atoms. The first kappa shape index (κ1) is 5.68. The van der Waals surface area contributed by atoms with Gasteiger partial charge in [-0.05, 0) is 12.9 Å². The Labute approximate surface area is 42.0 Å². The highest BCUT2D eigenvalue weighted by atomic mass is 32.8. The van der Waals surface area contributed by atoms with Crippen LogP contribution >= 0.6 is 12.9 Å². The molecule has 1 unspecified atom stereocenters. The summed E-state index contributed by atoms with van der Waals surface area (Å²) in [5.41, 5.74) is 0. The maximum atomic E-state index is 9.48. The second kappa shape index (κ2) is 2.89. The molecule has 0 heterocycles. The van der Waals surface area contributed by atoms with Crippen molar-refractivity contribution in [2.75, 3.05) is 0 Å². The van der Waals surface area contributed by atoms with E-state index in [4.69, 9.17) is 0 Å². The molecule has 1 atom stereocenters. The predicted molar refractivity (Wildman–Crippen MR) is 27.0 cm³/mol. The normalized spacial score (nSPS) is 14.6. The van der Waals surface area contributed by atoms with Gasteiger partial charge in [-0.15, -0.1) is 0 Å². The highest BCUT2D eigenvalue weighted by Crippen LogP contribution is 1.72. The van der Waals surface area contributed by atoms with Gasteiger partial charge in [0, 0.05) is 11.2 Å². The molecule has 5 heavy (non-hydrogen) atoms. The smallest absolute Gasteiger partial charge is 0.143 e. The zero-order valence-electron chi connectivity index (χ0n) is 2.12. The molecule has 0 fully saturated rings. The van der Waals surface area contributed by atoms with Gasteiger partial charge in [0.2, 0.25) is 0 Å². The van der Waals surface area contributed by atoms with Crippen molar-refractivity contribution in [3.05, 3.63) is 0 Å². The van der Waals surface area contributed by atoms with Crippen molar-refractivity contribution < 1.29 is 7.84 Å². The van der Waals surface area contributed by atoms with Crippen LogP contribution in [0, 0.1) is 0 Å². The van der Waals surface area contributed by atoms with Crippen LogP contribution in [-0.4, -0.2) is 4.21 Å². The van der Waals surface area contributed by atoms with E-state index in [1.54, 1.807) is 0 Å². The molecule has 0 N–H and O–H groups in total. The molecule has 0 aliphatic heterocycles. The van der Waals surface area contributed by atoms with E-state index >= 15 is 0 Å². The molecule has 0 aliphatic rings. The Kier molecular flexibility index (Phi) is 3.29. The van der Waals surface area contributed by atoms with E-state index in [1.165, 1.54) is 0 Å². The first-order valence-electron chi connectivity index (χ1n) is 0.730. The Morgan fingerprint density at radius 3 is 2.20 bits per heavy atom. The van der Waals surface area contributed by atoms with Gasteiger partial charge in [0.1, 0.15) is 9.64 Å².